The number of nitrogens with zero attached hydrogens (tertiary/aromatic N) is 2. The van der Waals surface area contributed by atoms with Crippen molar-refractivity contribution in [2.45, 2.75) is 81.1 Å². The molecule has 1 rings (SSSR count). The van der Waals surface area contributed by atoms with E-state index >= 15 is 0 Å². The number of hydrogen-bond donors (Lipinski definition) is 1. The summed E-state index contributed by atoms with van der Waals surface area (Å²) in [6.07, 6.45) is 3.76. The summed E-state index contributed by atoms with van der Waals surface area (Å²) in [5.41, 5.74) is -0.0966. The molecule has 0 unspecified atom stereocenters. The number of ether oxygens (including phenoxy) is 2. The lowest BCUT2D eigenvalue weighted by Gasteiger charge is -2.29. The molecule has 0 aromatic rings. The fourth-order valence-electron chi connectivity index (χ4n) is 1.87. The van der Waals surface area contributed by atoms with Gasteiger partial charge >= 0.3 is 11.9 Å². The number of nitriles is 2. The van der Waals surface area contributed by atoms with Gasteiger partial charge in [-0.3, -0.25) is 9.59 Å². The molecule has 188 valence electrons. The average Bonchev–Trinajstić information content (AvgIpc) is 2.76. The molecular weight excluding hydrogens is 422 g/mol. The van der Waals surface area contributed by atoms with E-state index in [1.54, 1.807) is 13.8 Å². The van der Waals surface area contributed by atoms with Gasteiger partial charge in [0.25, 0.3) is 0 Å². The van der Waals surface area contributed by atoms with E-state index in [-0.39, 0.29) is 23.8 Å². The fraction of sp³-hybridized carbons (Fsp3) is 0.720. The summed E-state index contributed by atoms with van der Waals surface area (Å²) in [6.45, 7) is 20.1. The largest absolute Gasteiger partial charge is 0.466 e. The molecule has 8 heteroatoms. The van der Waals surface area contributed by atoms with E-state index in [1.165, 1.54) is 0 Å². The van der Waals surface area contributed by atoms with Crippen molar-refractivity contribution < 1.29 is 23.9 Å². The molecule has 0 bridgehead atoms. The fourth-order valence-corrected chi connectivity index (χ4v) is 1.87. The van der Waals surface area contributed by atoms with Crippen LogP contribution in [0.1, 0.15) is 81.1 Å². The zero-order chi connectivity index (χ0) is 26.5. The van der Waals surface area contributed by atoms with Crippen LogP contribution in [0.2, 0.25) is 0 Å². The minimum absolute atomic E-state index is 0.190. The molecule has 1 heterocycles. The maximum Gasteiger partial charge on any atom is 0.330 e. The summed E-state index contributed by atoms with van der Waals surface area (Å²) in [5, 5.41) is 19.4. The van der Waals surface area contributed by atoms with Gasteiger partial charge in [0.05, 0.1) is 30.8 Å². The SMILES string of the molecule is C=CC(=O)OCC.CC(C)C#N.CC1(C)CCC(=O)NC1.CCOC(=O)CCC(C)(C)C#N. The second-order valence-electron chi connectivity index (χ2n) is 8.98. The summed E-state index contributed by atoms with van der Waals surface area (Å²) in [6, 6.07) is 4.16. The van der Waals surface area contributed by atoms with E-state index in [0.29, 0.717) is 37.9 Å². The van der Waals surface area contributed by atoms with Gasteiger partial charge in [-0.1, -0.05) is 20.4 Å². The molecule has 1 amide bonds. The highest BCUT2D eigenvalue weighted by molar-refractivity contribution is 5.81. The number of rotatable bonds is 6. The van der Waals surface area contributed by atoms with Crippen LogP contribution in [0.25, 0.3) is 0 Å². The van der Waals surface area contributed by atoms with Gasteiger partial charge in [0.1, 0.15) is 0 Å². The lowest BCUT2D eigenvalue weighted by Crippen LogP contribution is -2.39. The first-order valence-electron chi connectivity index (χ1n) is 11.2. The van der Waals surface area contributed by atoms with Crippen molar-refractivity contribution in [3.05, 3.63) is 12.7 Å². The van der Waals surface area contributed by atoms with Crippen LogP contribution < -0.4 is 5.32 Å². The molecule has 1 fully saturated rings. The molecule has 0 aliphatic carbocycles. The Morgan fingerprint density at radius 3 is 2.00 bits per heavy atom. The summed E-state index contributed by atoms with van der Waals surface area (Å²) < 4.78 is 9.17. The Hall–Kier alpha value is -2.87. The van der Waals surface area contributed by atoms with Crippen molar-refractivity contribution in [1.82, 2.24) is 5.32 Å². The Bertz CT molecular complexity index is 659. The predicted octanol–water partition coefficient (Wildman–Crippen LogP) is 4.70. The van der Waals surface area contributed by atoms with Crippen LogP contribution in [-0.4, -0.2) is 37.6 Å². The second kappa shape index (κ2) is 19.8. The Balaban J connectivity index is -0.000000382. The van der Waals surface area contributed by atoms with Gasteiger partial charge in [-0.15, -0.1) is 0 Å². The minimum atomic E-state index is -0.424. The predicted molar refractivity (Wildman–Crippen MR) is 129 cm³/mol. The van der Waals surface area contributed by atoms with E-state index in [1.807, 2.05) is 33.8 Å². The molecule has 0 saturated carbocycles. The molecule has 0 spiro atoms. The number of piperidine rings is 1. The lowest BCUT2D eigenvalue weighted by molar-refractivity contribution is -0.143. The molecule has 0 aromatic carbocycles. The molecule has 0 radical (unpaired) electrons. The summed E-state index contributed by atoms with van der Waals surface area (Å²) >= 11 is 0. The number of carbonyl (C=O) groups excluding carboxylic acids is 3. The van der Waals surface area contributed by atoms with Crippen LogP contribution in [0, 0.1) is 39.4 Å². The number of esters is 2. The van der Waals surface area contributed by atoms with Crippen LogP contribution in [0.4, 0.5) is 0 Å². The highest BCUT2D eigenvalue weighted by Crippen LogP contribution is 2.23. The van der Waals surface area contributed by atoms with E-state index in [9.17, 15) is 14.4 Å². The van der Waals surface area contributed by atoms with Crippen molar-refractivity contribution in [2.75, 3.05) is 19.8 Å². The van der Waals surface area contributed by atoms with Gasteiger partial charge in [0, 0.05) is 31.4 Å². The topological polar surface area (TPSA) is 129 Å². The third-order valence-corrected chi connectivity index (χ3v) is 4.07. The molecular formula is C25H43N3O5. The summed E-state index contributed by atoms with van der Waals surface area (Å²) in [7, 11) is 0. The van der Waals surface area contributed by atoms with Crippen molar-refractivity contribution in [3.8, 4) is 12.1 Å². The van der Waals surface area contributed by atoms with Crippen LogP contribution in [0.3, 0.4) is 0 Å². The molecule has 1 aliphatic heterocycles. The number of nitrogens with one attached hydrogen (secondary N) is 1. The zero-order valence-corrected chi connectivity index (χ0v) is 21.7. The maximum atomic E-state index is 10.9. The Labute approximate surface area is 200 Å². The number of amides is 1. The first kappa shape index (κ1) is 34.7. The standard InChI is InChI=1S/C9H15NO2.C7H13NO.C5H8O2.C4H7N/c1-4-12-8(11)5-6-9(2,3)7-10;1-7(2)4-3-6(9)8-5-7;1-3-5(6)7-4-2;1-4(2)3-5/h4-6H2,1-3H3;3-5H2,1-2H3,(H,8,9);3H,1,4H2,2H3;4H,1-2H3. The molecule has 1 aliphatic rings. The third-order valence-electron chi connectivity index (χ3n) is 4.07. The smallest absolute Gasteiger partial charge is 0.330 e. The van der Waals surface area contributed by atoms with Gasteiger partial charge in [-0.2, -0.15) is 10.5 Å². The van der Waals surface area contributed by atoms with Gasteiger partial charge in [0.2, 0.25) is 5.91 Å². The molecule has 8 nitrogen and oxygen atoms in total. The molecule has 33 heavy (non-hydrogen) atoms. The zero-order valence-electron chi connectivity index (χ0n) is 21.7. The van der Waals surface area contributed by atoms with Crippen molar-refractivity contribution in [1.29, 1.82) is 10.5 Å². The Morgan fingerprint density at radius 1 is 1.21 bits per heavy atom. The number of carbonyl (C=O) groups is 3. The Kier molecular flexibility index (Phi) is 20.8. The number of hydrogen-bond acceptors (Lipinski definition) is 7. The first-order valence-corrected chi connectivity index (χ1v) is 11.2. The Morgan fingerprint density at radius 2 is 1.73 bits per heavy atom. The normalized spacial score (nSPS) is 13.5. The van der Waals surface area contributed by atoms with Crippen LogP contribution in [0.5, 0.6) is 0 Å². The molecule has 1 saturated heterocycles. The van der Waals surface area contributed by atoms with Crippen LogP contribution in [-0.2, 0) is 23.9 Å². The summed E-state index contributed by atoms with van der Waals surface area (Å²) in [4.78, 5) is 31.6. The van der Waals surface area contributed by atoms with Crippen molar-refractivity contribution in [3.63, 3.8) is 0 Å². The van der Waals surface area contributed by atoms with Gasteiger partial charge in [-0.25, -0.2) is 4.79 Å². The van der Waals surface area contributed by atoms with Gasteiger partial charge in [0.15, 0.2) is 0 Å². The van der Waals surface area contributed by atoms with E-state index in [0.717, 1.165) is 19.0 Å². The summed E-state index contributed by atoms with van der Waals surface area (Å²) in [5.74, 6) is -0.187. The molecule has 0 atom stereocenters. The van der Waals surface area contributed by atoms with E-state index in [4.69, 9.17) is 15.3 Å². The first-order chi connectivity index (χ1) is 15.2. The van der Waals surface area contributed by atoms with Gasteiger partial charge in [-0.05, 0) is 59.8 Å². The third kappa shape index (κ3) is 27.1. The van der Waals surface area contributed by atoms with Crippen LogP contribution >= 0.6 is 0 Å². The average molecular weight is 466 g/mol. The quantitative estimate of drug-likeness (QED) is 0.444. The molecule has 1 N–H and O–H groups in total. The second-order valence-corrected chi connectivity index (χ2v) is 8.98. The van der Waals surface area contributed by atoms with Crippen molar-refractivity contribution in [2.24, 2.45) is 16.7 Å². The lowest BCUT2D eigenvalue weighted by atomic mass is 9.85. The highest BCUT2D eigenvalue weighted by Gasteiger charge is 2.24. The van der Waals surface area contributed by atoms with E-state index in [2.05, 4.69) is 36.5 Å². The van der Waals surface area contributed by atoms with Crippen LogP contribution in [0.15, 0.2) is 12.7 Å². The van der Waals surface area contributed by atoms with Gasteiger partial charge < -0.3 is 14.8 Å². The highest BCUT2D eigenvalue weighted by atomic mass is 16.5. The minimum Gasteiger partial charge on any atom is -0.466 e. The maximum absolute atomic E-state index is 10.9. The monoisotopic (exact) mass is 465 g/mol. The molecule has 0 aromatic heterocycles. The van der Waals surface area contributed by atoms with E-state index < -0.39 is 5.41 Å². The van der Waals surface area contributed by atoms with Crippen molar-refractivity contribution >= 4 is 17.8 Å².